The number of rotatable bonds is 2. The minimum atomic E-state index is -4.33. The summed E-state index contributed by atoms with van der Waals surface area (Å²) in [6, 6.07) is 5.14. The summed E-state index contributed by atoms with van der Waals surface area (Å²) in [7, 11) is 0. The van der Waals surface area contributed by atoms with E-state index in [1.54, 1.807) is 0 Å². The molecule has 1 aliphatic rings. The first-order valence-electron chi connectivity index (χ1n) is 5.50. The molecule has 1 atom stereocenters. The fraction of sp³-hybridized carbons (Fsp3) is 0.417. The number of hydrogen-bond donors (Lipinski definition) is 0. The molecule has 1 aliphatic heterocycles. The fourth-order valence-corrected chi connectivity index (χ4v) is 2.09. The molecule has 6 heteroatoms. The fourth-order valence-electron chi connectivity index (χ4n) is 2.09. The molecule has 1 aromatic carbocycles. The number of nitrogens with zero attached hydrogens (tertiary/aromatic N) is 1. The summed E-state index contributed by atoms with van der Waals surface area (Å²) in [5, 5.41) is 0. The van der Waals surface area contributed by atoms with Crippen molar-refractivity contribution in [1.29, 1.82) is 0 Å². The second kappa shape index (κ2) is 4.59. The van der Waals surface area contributed by atoms with Crippen molar-refractivity contribution < 1.29 is 22.4 Å². The Morgan fingerprint density at radius 1 is 1.22 bits per heavy atom. The summed E-state index contributed by atoms with van der Waals surface area (Å²) in [6.07, 6.45) is -5.25. The molecule has 0 aliphatic carbocycles. The highest BCUT2D eigenvalue weighted by molar-refractivity contribution is 5.97. The molecule has 0 radical (unpaired) electrons. The summed E-state index contributed by atoms with van der Waals surface area (Å²) in [6.45, 7) is 0.241. The summed E-state index contributed by atoms with van der Waals surface area (Å²) >= 11 is 0. The van der Waals surface area contributed by atoms with Crippen LogP contribution in [0.4, 0.5) is 23.2 Å². The minimum absolute atomic E-state index is 0.176. The van der Waals surface area contributed by atoms with E-state index in [1.807, 2.05) is 0 Å². The van der Waals surface area contributed by atoms with E-state index in [9.17, 15) is 22.4 Å². The average molecular weight is 261 g/mol. The van der Waals surface area contributed by atoms with Crippen LogP contribution < -0.4 is 4.90 Å². The van der Waals surface area contributed by atoms with E-state index >= 15 is 0 Å². The first kappa shape index (κ1) is 12.9. The smallest absolute Gasteiger partial charge is 0.312 e. The van der Waals surface area contributed by atoms with Gasteiger partial charge in [-0.1, -0.05) is 0 Å². The number of amides is 1. The van der Waals surface area contributed by atoms with E-state index in [0.717, 1.165) is 0 Å². The highest BCUT2D eigenvalue weighted by Crippen LogP contribution is 2.33. The molecule has 0 bridgehead atoms. The van der Waals surface area contributed by atoms with Gasteiger partial charge >= 0.3 is 6.18 Å². The van der Waals surface area contributed by atoms with Crippen molar-refractivity contribution in [2.24, 2.45) is 5.92 Å². The third-order valence-electron chi connectivity index (χ3n) is 2.93. The zero-order chi connectivity index (χ0) is 13.3. The van der Waals surface area contributed by atoms with Crippen LogP contribution in [0.25, 0.3) is 0 Å². The van der Waals surface area contributed by atoms with Crippen LogP contribution in [0.1, 0.15) is 12.8 Å². The third-order valence-corrected chi connectivity index (χ3v) is 2.93. The third kappa shape index (κ3) is 2.80. The molecule has 1 saturated heterocycles. The topological polar surface area (TPSA) is 20.3 Å². The van der Waals surface area contributed by atoms with Gasteiger partial charge < -0.3 is 4.90 Å². The standard InChI is InChI=1S/C12H11F4NO/c13-9-1-3-10(4-2-9)17-6-5-8(11(17)18)7-12(14,15)16/h1-4,8H,5-7H2/t8-/m0/s1. The summed E-state index contributed by atoms with van der Waals surface area (Å²) in [5.41, 5.74) is 0.436. The van der Waals surface area contributed by atoms with Crippen molar-refractivity contribution in [1.82, 2.24) is 0 Å². The molecule has 0 unspecified atom stereocenters. The van der Waals surface area contributed by atoms with Gasteiger partial charge in [-0.15, -0.1) is 0 Å². The number of hydrogen-bond acceptors (Lipinski definition) is 1. The van der Waals surface area contributed by atoms with Gasteiger partial charge in [0.2, 0.25) is 5.91 Å². The van der Waals surface area contributed by atoms with Gasteiger partial charge in [0.05, 0.1) is 6.42 Å². The van der Waals surface area contributed by atoms with E-state index in [1.165, 1.54) is 29.2 Å². The van der Waals surface area contributed by atoms with Crippen molar-refractivity contribution in [2.75, 3.05) is 11.4 Å². The Morgan fingerprint density at radius 3 is 2.39 bits per heavy atom. The Morgan fingerprint density at radius 2 is 1.83 bits per heavy atom. The molecule has 0 spiro atoms. The van der Waals surface area contributed by atoms with Crippen molar-refractivity contribution in [3.05, 3.63) is 30.1 Å². The average Bonchev–Trinajstić information content (AvgIpc) is 2.60. The van der Waals surface area contributed by atoms with Crippen LogP contribution >= 0.6 is 0 Å². The molecule has 18 heavy (non-hydrogen) atoms. The van der Waals surface area contributed by atoms with Crippen LogP contribution in [0.2, 0.25) is 0 Å². The van der Waals surface area contributed by atoms with Gasteiger partial charge in [0.1, 0.15) is 5.82 Å². The maximum atomic E-state index is 12.7. The maximum Gasteiger partial charge on any atom is 0.389 e. The zero-order valence-electron chi connectivity index (χ0n) is 9.38. The zero-order valence-corrected chi connectivity index (χ0v) is 9.38. The first-order valence-corrected chi connectivity index (χ1v) is 5.50. The van der Waals surface area contributed by atoms with Crippen LogP contribution in [-0.2, 0) is 4.79 Å². The quantitative estimate of drug-likeness (QED) is 0.749. The van der Waals surface area contributed by atoms with E-state index in [-0.39, 0.29) is 13.0 Å². The van der Waals surface area contributed by atoms with E-state index < -0.39 is 30.2 Å². The number of alkyl halides is 3. The molecule has 0 saturated carbocycles. The van der Waals surface area contributed by atoms with Crippen LogP contribution in [0, 0.1) is 11.7 Å². The van der Waals surface area contributed by atoms with Crippen molar-refractivity contribution >= 4 is 11.6 Å². The van der Waals surface area contributed by atoms with E-state index in [4.69, 9.17) is 0 Å². The molecule has 0 aromatic heterocycles. The van der Waals surface area contributed by atoms with Gasteiger partial charge in [0.25, 0.3) is 0 Å². The van der Waals surface area contributed by atoms with Crippen molar-refractivity contribution in [2.45, 2.75) is 19.0 Å². The summed E-state index contributed by atoms with van der Waals surface area (Å²) in [5.74, 6) is -2.01. The first-order chi connectivity index (χ1) is 8.37. The maximum absolute atomic E-state index is 12.7. The Labute approximate surface area is 101 Å². The van der Waals surface area contributed by atoms with Crippen LogP contribution in [0.15, 0.2) is 24.3 Å². The molecule has 2 nitrogen and oxygen atoms in total. The summed E-state index contributed by atoms with van der Waals surface area (Å²) in [4.78, 5) is 13.1. The molecule has 0 N–H and O–H groups in total. The predicted octanol–water partition coefficient (Wildman–Crippen LogP) is 3.13. The molecular weight excluding hydrogens is 250 g/mol. The SMILES string of the molecule is O=C1[C@H](CC(F)(F)F)CCN1c1ccc(F)cc1. The molecule has 1 fully saturated rings. The predicted molar refractivity (Wildman–Crippen MR) is 57.5 cm³/mol. The van der Waals surface area contributed by atoms with Crippen LogP contribution in [-0.4, -0.2) is 18.6 Å². The lowest BCUT2D eigenvalue weighted by Gasteiger charge is -2.17. The largest absolute Gasteiger partial charge is 0.389 e. The molecule has 1 amide bonds. The van der Waals surface area contributed by atoms with Crippen LogP contribution in [0.5, 0.6) is 0 Å². The van der Waals surface area contributed by atoms with Crippen molar-refractivity contribution in [3.63, 3.8) is 0 Å². The lowest BCUT2D eigenvalue weighted by molar-refractivity contribution is -0.151. The Balaban J connectivity index is 2.10. The van der Waals surface area contributed by atoms with Gasteiger partial charge in [0.15, 0.2) is 0 Å². The Hall–Kier alpha value is -1.59. The van der Waals surface area contributed by atoms with Gasteiger partial charge in [-0.2, -0.15) is 13.2 Å². The molecule has 1 aromatic rings. The van der Waals surface area contributed by atoms with Crippen LogP contribution in [0.3, 0.4) is 0 Å². The normalized spacial score (nSPS) is 20.6. The molecule has 98 valence electrons. The monoisotopic (exact) mass is 261 g/mol. The van der Waals surface area contributed by atoms with Gasteiger partial charge in [0, 0.05) is 18.2 Å². The molecule has 1 heterocycles. The van der Waals surface area contributed by atoms with E-state index in [0.29, 0.717) is 5.69 Å². The minimum Gasteiger partial charge on any atom is -0.312 e. The number of carbonyl (C=O) groups is 1. The van der Waals surface area contributed by atoms with Gasteiger partial charge in [-0.25, -0.2) is 4.39 Å². The Bertz CT molecular complexity index is 440. The number of benzene rings is 1. The number of carbonyl (C=O) groups excluding carboxylic acids is 1. The van der Waals surface area contributed by atoms with Gasteiger partial charge in [-0.3, -0.25) is 4.79 Å². The Kier molecular flexibility index (Phi) is 3.28. The summed E-state index contributed by atoms with van der Waals surface area (Å²) < 4.78 is 49.4. The number of anilines is 1. The highest BCUT2D eigenvalue weighted by Gasteiger charge is 2.40. The highest BCUT2D eigenvalue weighted by atomic mass is 19.4. The lowest BCUT2D eigenvalue weighted by atomic mass is 10.0. The van der Waals surface area contributed by atoms with E-state index in [2.05, 4.69) is 0 Å². The second-order valence-corrected chi connectivity index (χ2v) is 4.27. The second-order valence-electron chi connectivity index (χ2n) is 4.27. The van der Waals surface area contributed by atoms with Gasteiger partial charge in [-0.05, 0) is 30.7 Å². The molecule has 2 rings (SSSR count). The van der Waals surface area contributed by atoms with Crippen molar-refractivity contribution in [3.8, 4) is 0 Å². The molecular formula is C12H11F4NO. The lowest BCUT2D eigenvalue weighted by Crippen LogP contribution is -2.29. The number of halogens is 4.